The zero-order chi connectivity index (χ0) is 14.4. The number of hydrogen-bond acceptors (Lipinski definition) is 4. The SMILES string of the molecule is [C]=CC(=O)OC(C)(C)CCC(C)(C)OC(=O)C=C. The second kappa shape index (κ2) is 6.38. The third kappa shape index (κ3) is 6.89. The number of carbonyl (C=O) groups excluding carboxylic acids is 2. The predicted molar refractivity (Wildman–Crippen MR) is 67.6 cm³/mol. The largest absolute Gasteiger partial charge is 0.457 e. The van der Waals surface area contributed by atoms with Crippen molar-refractivity contribution < 1.29 is 19.1 Å². The van der Waals surface area contributed by atoms with E-state index in [2.05, 4.69) is 6.58 Å². The molecule has 0 bridgehead atoms. The number of rotatable bonds is 7. The molecule has 2 radical (unpaired) electrons. The van der Waals surface area contributed by atoms with Crippen molar-refractivity contribution in [3.05, 3.63) is 25.3 Å². The van der Waals surface area contributed by atoms with Crippen molar-refractivity contribution in [2.75, 3.05) is 0 Å². The number of esters is 2. The van der Waals surface area contributed by atoms with Crippen molar-refractivity contribution in [3.63, 3.8) is 0 Å². The lowest BCUT2D eigenvalue weighted by atomic mass is 9.93. The highest BCUT2D eigenvalue weighted by molar-refractivity contribution is 5.81. The van der Waals surface area contributed by atoms with Gasteiger partial charge >= 0.3 is 11.9 Å². The molecule has 0 unspecified atom stereocenters. The topological polar surface area (TPSA) is 52.6 Å². The molecular formula is C14H20O4. The Hall–Kier alpha value is -1.58. The molecule has 4 heteroatoms. The van der Waals surface area contributed by atoms with Crippen LogP contribution in [-0.2, 0) is 19.1 Å². The van der Waals surface area contributed by atoms with E-state index in [1.54, 1.807) is 27.7 Å². The van der Waals surface area contributed by atoms with Crippen LogP contribution in [-0.4, -0.2) is 23.1 Å². The maximum atomic E-state index is 11.1. The number of carbonyl (C=O) groups is 2. The van der Waals surface area contributed by atoms with E-state index < -0.39 is 23.1 Å². The van der Waals surface area contributed by atoms with E-state index in [0.717, 1.165) is 6.08 Å². The van der Waals surface area contributed by atoms with E-state index in [-0.39, 0.29) is 0 Å². The van der Waals surface area contributed by atoms with Crippen molar-refractivity contribution in [2.45, 2.75) is 51.7 Å². The zero-order valence-corrected chi connectivity index (χ0v) is 11.4. The first-order valence-electron chi connectivity index (χ1n) is 5.71. The first-order chi connectivity index (χ1) is 8.12. The summed E-state index contributed by atoms with van der Waals surface area (Å²) in [5, 5.41) is 0. The maximum Gasteiger partial charge on any atom is 0.331 e. The van der Waals surface area contributed by atoms with Gasteiger partial charge in [0.2, 0.25) is 0 Å². The molecule has 0 saturated heterocycles. The van der Waals surface area contributed by atoms with Gasteiger partial charge in [-0.05, 0) is 47.1 Å². The highest BCUT2D eigenvalue weighted by Gasteiger charge is 2.28. The van der Waals surface area contributed by atoms with Crippen molar-refractivity contribution in [3.8, 4) is 0 Å². The van der Waals surface area contributed by atoms with Crippen LogP contribution >= 0.6 is 0 Å². The Balaban J connectivity index is 4.36. The lowest BCUT2D eigenvalue weighted by molar-refractivity contribution is -0.157. The summed E-state index contributed by atoms with van der Waals surface area (Å²) >= 11 is 0. The summed E-state index contributed by atoms with van der Waals surface area (Å²) in [6.07, 6.45) is 2.79. The van der Waals surface area contributed by atoms with Crippen LogP contribution in [0.2, 0.25) is 0 Å². The Labute approximate surface area is 109 Å². The molecule has 0 atom stereocenters. The van der Waals surface area contributed by atoms with Gasteiger partial charge in [0.25, 0.3) is 0 Å². The molecule has 0 heterocycles. The summed E-state index contributed by atoms with van der Waals surface area (Å²) in [6.45, 7) is 17.2. The fourth-order valence-electron chi connectivity index (χ4n) is 1.32. The first kappa shape index (κ1) is 16.4. The third-order valence-corrected chi connectivity index (χ3v) is 2.37. The van der Waals surface area contributed by atoms with Crippen LogP contribution in [0.5, 0.6) is 0 Å². The molecule has 0 aliphatic heterocycles. The van der Waals surface area contributed by atoms with Gasteiger partial charge in [-0.25, -0.2) is 9.59 Å². The molecule has 4 nitrogen and oxygen atoms in total. The highest BCUT2D eigenvalue weighted by atomic mass is 16.6. The van der Waals surface area contributed by atoms with E-state index in [1.807, 2.05) is 0 Å². The van der Waals surface area contributed by atoms with Gasteiger partial charge < -0.3 is 9.47 Å². The Morgan fingerprint density at radius 3 is 1.78 bits per heavy atom. The second-order valence-corrected chi connectivity index (χ2v) is 5.21. The average molecular weight is 252 g/mol. The quantitative estimate of drug-likeness (QED) is 0.516. The van der Waals surface area contributed by atoms with E-state index in [0.29, 0.717) is 18.9 Å². The van der Waals surface area contributed by atoms with Crippen molar-refractivity contribution in [2.24, 2.45) is 0 Å². The number of ether oxygens (including phenoxy) is 2. The molecule has 0 aromatic heterocycles. The molecule has 0 saturated carbocycles. The van der Waals surface area contributed by atoms with Crippen LogP contribution in [0.3, 0.4) is 0 Å². The second-order valence-electron chi connectivity index (χ2n) is 5.21. The summed E-state index contributed by atoms with van der Waals surface area (Å²) < 4.78 is 10.2. The van der Waals surface area contributed by atoms with E-state index in [4.69, 9.17) is 16.1 Å². The minimum atomic E-state index is -0.702. The minimum absolute atomic E-state index is 0.478. The molecule has 0 aliphatic rings. The Bertz CT molecular complexity index is 306. The molecule has 0 spiro atoms. The van der Waals surface area contributed by atoms with Crippen LogP contribution in [0.25, 0.3) is 0 Å². The van der Waals surface area contributed by atoms with Gasteiger partial charge in [-0.1, -0.05) is 6.58 Å². The van der Waals surface area contributed by atoms with Crippen LogP contribution < -0.4 is 0 Å². The minimum Gasteiger partial charge on any atom is -0.457 e. The molecule has 0 aromatic carbocycles. The van der Waals surface area contributed by atoms with Crippen LogP contribution in [0, 0.1) is 6.58 Å². The fourth-order valence-corrected chi connectivity index (χ4v) is 1.32. The summed E-state index contributed by atoms with van der Waals surface area (Å²) in [5.74, 6) is -1.16. The normalized spacial score (nSPS) is 11.6. The molecule has 18 heavy (non-hydrogen) atoms. The first-order valence-corrected chi connectivity index (χ1v) is 5.71. The van der Waals surface area contributed by atoms with Gasteiger partial charge in [0, 0.05) is 12.2 Å². The summed E-state index contributed by atoms with van der Waals surface area (Å²) in [6, 6.07) is 0. The lowest BCUT2D eigenvalue weighted by Crippen LogP contribution is -2.33. The van der Waals surface area contributed by atoms with Gasteiger partial charge in [-0.2, -0.15) is 0 Å². The molecule has 100 valence electrons. The average Bonchev–Trinajstić information content (AvgIpc) is 2.25. The van der Waals surface area contributed by atoms with Crippen molar-refractivity contribution in [1.29, 1.82) is 0 Å². The number of hydrogen-bond donors (Lipinski definition) is 0. The van der Waals surface area contributed by atoms with Gasteiger partial charge in [0.1, 0.15) is 11.2 Å². The molecule has 0 aliphatic carbocycles. The highest BCUT2D eigenvalue weighted by Crippen LogP contribution is 2.25. The van der Waals surface area contributed by atoms with Crippen molar-refractivity contribution in [1.82, 2.24) is 0 Å². The summed E-state index contributed by atoms with van der Waals surface area (Å²) in [7, 11) is 0. The van der Waals surface area contributed by atoms with E-state index >= 15 is 0 Å². The van der Waals surface area contributed by atoms with Crippen LogP contribution in [0.1, 0.15) is 40.5 Å². The summed E-state index contributed by atoms with van der Waals surface area (Å²) in [5.41, 5.74) is -1.36. The Morgan fingerprint density at radius 1 is 1.06 bits per heavy atom. The molecule has 0 amide bonds. The lowest BCUT2D eigenvalue weighted by Gasteiger charge is -2.30. The monoisotopic (exact) mass is 252 g/mol. The zero-order valence-electron chi connectivity index (χ0n) is 11.4. The molecule has 0 N–H and O–H groups in total. The molecule has 0 aromatic rings. The van der Waals surface area contributed by atoms with Gasteiger partial charge in [-0.3, -0.25) is 0 Å². The standard InChI is InChI=1S/C14H20O4/c1-7-11(15)17-13(3,4)9-10-14(5,6)18-12(16)8-2/h7-8H,1,9-10H2,3-6H3. The van der Waals surface area contributed by atoms with E-state index in [9.17, 15) is 9.59 Å². The van der Waals surface area contributed by atoms with Crippen LogP contribution in [0.15, 0.2) is 18.7 Å². The molecular weight excluding hydrogens is 232 g/mol. The third-order valence-electron chi connectivity index (χ3n) is 2.37. The van der Waals surface area contributed by atoms with Gasteiger partial charge in [0.15, 0.2) is 0 Å². The Kier molecular flexibility index (Phi) is 5.82. The predicted octanol–water partition coefficient (Wildman–Crippen LogP) is 2.46. The Morgan fingerprint density at radius 2 is 1.44 bits per heavy atom. The molecule has 0 fully saturated rings. The summed E-state index contributed by atoms with van der Waals surface area (Å²) in [4.78, 5) is 22.1. The maximum absolute atomic E-state index is 11.1. The van der Waals surface area contributed by atoms with E-state index in [1.165, 1.54) is 0 Å². The smallest absolute Gasteiger partial charge is 0.331 e. The van der Waals surface area contributed by atoms with Crippen molar-refractivity contribution >= 4 is 11.9 Å². The van der Waals surface area contributed by atoms with Crippen LogP contribution in [0.4, 0.5) is 0 Å². The molecule has 0 rings (SSSR count). The van der Waals surface area contributed by atoms with Gasteiger partial charge in [0.05, 0.1) is 0 Å². The fraction of sp³-hybridized carbons (Fsp3) is 0.571. The van der Waals surface area contributed by atoms with Gasteiger partial charge in [-0.15, -0.1) is 0 Å².